The quantitative estimate of drug-likeness (QED) is 0.235. The van der Waals surface area contributed by atoms with Crippen LogP contribution in [0.2, 0.25) is 15.1 Å². The van der Waals surface area contributed by atoms with Crippen molar-refractivity contribution in [2.24, 2.45) is 0 Å². The Kier molecular flexibility index (Phi) is 11.5. The van der Waals surface area contributed by atoms with E-state index in [1.54, 1.807) is 62.4 Å². The third kappa shape index (κ3) is 8.16. The highest BCUT2D eigenvalue weighted by Gasteiger charge is 2.34. The van der Waals surface area contributed by atoms with Crippen LogP contribution >= 0.6 is 34.8 Å². The summed E-state index contributed by atoms with van der Waals surface area (Å²) in [4.78, 5) is 28.9. The molecule has 0 unspecified atom stereocenters. The first-order chi connectivity index (χ1) is 19.4. The maximum atomic E-state index is 14.2. The summed E-state index contributed by atoms with van der Waals surface area (Å²) in [6.45, 7) is 6.82. The largest absolute Gasteiger partial charge is 0.352 e. The lowest BCUT2D eigenvalue weighted by Gasteiger charge is -2.34. The zero-order chi connectivity index (χ0) is 30.3. The fourth-order valence-corrected chi connectivity index (χ4v) is 6.26. The summed E-state index contributed by atoms with van der Waals surface area (Å²) in [5.41, 5.74) is 1.51. The van der Waals surface area contributed by atoms with E-state index >= 15 is 0 Å². The molecule has 220 valence electrons. The molecule has 0 fully saturated rings. The first-order valence-corrected chi connectivity index (χ1v) is 15.8. The highest BCUT2D eigenvalue weighted by molar-refractivity contribution is 7.92. The van der Waals surface area contributed by atoms with Crippen LogP contribution < -0.4 is 9.62 Å². The minimum atomic E-state index is -4.19. The lowest BCUT2D eigenvalue weighted by Crippen LogP contribution is -2.53. The van der Waals surface area contributed by atoms with Crippen LogP contribution in [0.5, 0.6) is 0 Å². The second kappa shape index (κ2) is 14.4. The van der Waals surface area contributed by atoms with Crippen molar-refractivity contribution in [2.45, 2.75) is 64.1 Å². The average molecular weight is 639 g/mol. The predicted octanol–water partition coefficient (Wildman–Crippen LogP) is 6.87. The topological polar surface area (TPSA) is 86.8 Å². The first kappa shape index (κ1) is 32.7. The molecule has 0 spiro atoms. The van der Waals surface area contributed by atoms with E-state index < -0.39 is 28.5 Å². The van der Waals surface area contributed by atoms with Gasteiger partial charge in [0.15, 0.2) is 0 Å². The number of nitrogens with one attached hydrogen (secondary N) is 1. The van der Waals surface area contributed by atoms with Gasteiger partial charge in [-0.25, -0.2) is 8.42 Å². The number of amides is 2. The summed E-state index contributed by atoms with van der Waals surface area (Å²) in [6, 6.07) is 16.7. The van der Waals surface area contributed by atoms with E-state index in [4.69, 9.17) is 34.8 Å². The number of anilines is 1. The van der Waals surface area contributed by atoms with Crippen molar-refractivity contribution >= 4 is 62.3 Å². The fourth-order valence-electron chi connectivity index (χ4n) is 4.28. The van der Waals surface area contributed by atoms with E-state index in [0.717, 1.165) is 4.31 Å². The number of hydrogen-bond acceptors (Lipinski definition) is 4. The number of carbonyl (C=O) groups is 2. The van der Waals surface area contributed by atoms with Crippen LogP contribution in [0.25, 0.3) is 0 Å². The van der Waals surface area contributed by atoms with Gasteiger partial charge in [0.2, 0.25) is 11.8 Å². The number of carbonyl (C=O) groups excluding carboxylic acids is 2. The summed E-state index contributed by atoms with van der Waals surface area (Å²) < 4.78 is 29.0. The summed E-state index contributed by atoms with van der Waals surface area (Å²) in [7, 11) is -4.19. The standard InChI is InChI=1S/C30H34Cl3N3O4S/c1-5-21(4)34-30(38)27(6-2)35(18-22-13-15-25(32)26(33)16-22)29(37)19-36(28-17-23(31)14-12-20(28)3)41(39,40)24-10-8-7-9-11-24/h7-17,21,27H,5-6,18-19H2,1-4H3,(H,34,38)/t21-,27-/m0/s1. The number of rotatable bonds is 12. The van der Waals surface area contributed by atoms with Crippen LogP contribution in [0.3, 0.4) is 0 Å². The Hall–Kier alpha value is -2.78. The van der Waals surface area contributed by atoms with Gasteiger partial charge in [-0.2, -0.15) is 0 Å². The minimum Gasteiger partial charge on any atom is -0.352 e. The van der Waals surface area contributed by atoms with E-state index in [9.17, 15) is 18.0 Å². The van der Waals surface area contributed by atoms with Gasteiger partial charge in [0, 0.05) is 17.6 Å². The fraction of sp³-hybridized carbons (Fsp3) is 0.333. The van der Waals surface area contributed by atoms with Gasteiger partial charge in [-0.05, 0) is 74.2 Å². The highest BCUT2D eigenvalue weighted by atomic mass is 35.5. The van der Waals surface area contributed by atoms with Gasteiger partial charge in [-0.15, -0.1) is 0 Å². The molecular weight excluding hydrogens is 605 g/mol. The molecule has 11 heteroatoms. The van der Waals surface area contributed by atoms with Crippen LogP contribution in [0, 0.1) is 6.92 Å². The van der Waals surface area contributed by atoms with Crippen molar-refractivity contribution in [3.05, 3.63) is 92.9 Å². The van der Waals surface area contributed by atoms with Crippen molar-refractivity contribution in [3.8, 4) is 0 Å². The highest BCUT2D eigenvalue weighted by Crippen LogP contribution is 2.30. The van der Waals surface area contributed by atoms with Gasteiger partial charge in [0.25, 0.3) is 10.0 Å². The Balaban J connectivity index is 2.10. The number of benzene rings is 3. The normalized spacial score (nSPS) is 12.9. The Morgan fingerprint density at radius 2 is 1.59 bits per heavy atom. The lowest BCUT2D eigenvalue weighted by atomic mass is 10.1. The zero-order valence-electron chi connectivity index (χ0n) is 23.4. The number of sulfonamides is 1. The van der Waals surface area contributed by atoms with Crippen molar-refractivity contribution in [2.75, 3.05) is 10.8 Å². The van der Waals surface area contributed by atoms with Gasteiger partial charge in [-0.3, -0.25) is 13.9 Å². The average Bonchev–Trinajstić information content (AvgIpc) is 2.95. The van der Waals surface area contributed by atoms with E-state index in [-0.39, 0.29) is 29.1 Å². The van der Waals surface area contributed by atoms with E-state index in [1.165, 1.54) is 23.1 Å². The first-order valence-electron chi connectivity index (χ1n) is 13.3. The van der Waals surface area contributed by atoms with Gasteiger partial charge < -0.3 is 10.2 Å². The number of nitrogens with zero attached hydrogens (tertiary/aromatic N) is 2. The molecule has 0 aliphatic carbocycles. The molecular formula is C30H34Cl3N3O4S. The van der Waals surface area contributed by atoms with E-state index in [2.05, 4.69) is 5.32 Å². The molecule has 3 aromatic carbocycles. The molecule has 0 radical (unpaired) electrons. The van der Waals surface area contributed by atoms with Gasteiger partial charge >= 0.3 is 0 Å². The number of halogens is 3. The second-order valence-electron chi connectivity index (χ2n) is 9.77. The molecule has 0 aromatic heterocycles. The molecule has 3 aromatic rings. The van der Waals surface area contributed by atoms with Crippen LogP contribution in [0.4, 0.5) is 5.69 Å². The second-order valence-corrected chi connectivity index (χ2v) is 12.9. The SMILES string of the molecule is CC[C@H](C)NC(=O)[C@H](CC)N(Cc1ccc(Cl)c(Cl)c1)C(=O)CN(c1cc(Cl)ccc1C)S(=O)(=O)c1ccccc1. The van der Waals surface area contributed by atoms with Crippen molar-refractivity contribution in [1.82, 2.24) is 10.2 Å². The Bertz CT molecular complexity index is 1490. The summed E-state index contributed by atoms with van der Waals surface area (Å²) >= 11 is 18.6. The third-order valence-corrected chi connectivity index (χ3v) is 9.52. The van der Waals surface area contributed by atoms with Gasteiger partial charge in [-0.1, -0.05) is 79.0 Å². The Morgan fingerprint density at radius 1 is 0.902 bits per heavy atom. The molecule has 7 nitrogen and oxygen atoms in total. The Labute approximate surface area is 257 Å². The summed E-state index contributed by atoms with van der Waals surface area (Å²) in [5.74, 6) is -0.896. The van der Waals surface area contributed by atoms with Crippen LogP contribution in [0.15, 0.2) is 71.6 Å². The molecule has 0 aliphatic heterocycles. The molecule has 0 heterocycles. The van der Waals surface area contributed by atoms with E-state index in [0.29, 0.717) is 39.0 Å². The summed E-state index contributed by atoms with van der Waals surface area (Å²) in [6.07, 6.45) is 1.01. The molecule has 41 heavy (non-hydrogen) atoms. The van der Waals surface area contributed by atoms with Gasteiger partial charge in [0.05, 0.1) is 20.6 Å². The smallest absolute Gasteiger partial charge is 0.264 e. The Morgan fingerprint density at radius 3 is 2.20 bits per heavy atom. The molecule has 0 aliphatic rings. The lowest BCUT2D eigenvalue weighted by molar-refractivity contribution is -0.140. The van der Waals surface area contributed by atoms with Crippen molar-refractivity contribution < 1.29 is 18.0 Å². The van der Waals surface area contributed by atoms with E-state index in [1.807, 2.05) is 13.8 Å². The van der Waals surface area contributed by atoms with Crippen LogP contribution in [0.1, 0.15) is 44.7 Å². The molecule has 0 saturated carbocycles. The monoisotopic (exact) mass is 637 g/mol. The van der Waals surface area contributed by atoms with Crippen molar-refractivity contribution in [1.29, 1.82) is 0 Å². The zero-order valence-corrected chi connectivity index (χ0v) is 26.5. The molecule has 0 saturated heterocycles. The van der Waals surface area contributed by atoms with Crippen molar-refractivity contribution in [3.63, 3.8) is 0 Å². The maximum absolute atomic E-state index is 14.2. The predicted molar refractivity (Wildman–Crippen MR) is 166 cm³/mol. The van der Waals surface area contributed by atoms with Crippen LogP contribution in [-0.2, 0) is 26.2 Å². The number of hydrogen-bond donors (Lipinski definition) is 1. The molecule has 2 amide bonds. The van der Waals surface area contributed by atoms with Gasteiger partial charge in [0.1, 0.15) is 12.6 Å². The molecule has 0 bridgehead atoms. The molecule has 3 rings (SSSR count). The molecule has 2 atom stereocenters. The number of aryl methyl sites for hydroxylation is 1. The van der Waals surface area contributed by atoms with Crippen LogP contribution in [-0.4, -0.2) is 43.8 Å². The molecule has 1 N–H and O–H groups in total. The maximum Gasteiger partial charge on any atom is 0.264 e. The third-order valence-electron chi connectivity index (χ3n) is 6.77. The summed E-state index contributed by atoms with van der Waals surface area (Å²) in [5, 5.41) is 3.92. The minimum absolute atomic E-state index is 0.00983.